The van der Waals surface area contributed by atoms with Crippen LogP contribution in [-0.4, -0.2) is 48.1 Å². The van der Waals surface area contributed by atoms with E-state index in [1.54, 1.807) is 24.3 Å². The lowest BCUT2D eigenvalue weighted by Gasteiger charge is -2.27. The van der Waals surface area contributed by atoms with Gasteiger partial charge in [0.15, 0.2) is 5.78 Å². The van der Waals surface area contributed by atoms with Crippen molar-refractivity contribution >= 4 is 46.0 Å². The molecule has 0 aliphatic heterocycles. The molecule has 0 spiro atoms. The fourth-order valence-electron chi connectivity index (χ4n) is 5.04. The number of rotatable bonds is 15. The Morgan fingerprint density at radius 2 is 1.36 bits per heavy atom. The Bertz CT molecular complexity index is 1600. The molecule has 9 nitrogen and oxygen atoms in total. The van der Waals surface area contributed by atoms with Gasteiger partial charge in [0.25, 0.3) is 0 Å². The normalized spacial score (nSPS) is 12.8. The number of hydrogen-bond donors (Lipinski definition) is 3. The number of Topliss-reactive ketones (excluding diaryl/α,β-unsaturated/α-hetero) is 1. The first-order chi connectivity index (χ1) is 21.4. The zero-order valence-electron chi connectivity index (χ0n) is 24.3. The molecule has 226 valence electrons. The Labute approximate surface area is 260 Å². The van der Waals surface area contributed by atoms with Gasteiger partial charge in [0.1, 0.15) is 6.04 Å². The van der Waals surface area contributed by atoms with Gasteiger partial charge in [-0.2, -0.15) is 11.8 Å². The molecule has 0 fully saturated rings. The molecular formula is C34H34N4O5S. The Hall–Kier alpha value is -4.83. The molecule has 0 heterocycles. The molecule has 3 unspecified atom stereocenters. The van der Waals surface area contributed by atoms with E-state index in [4.69, 9.17) is 0 Å². The lowest BCUT2D eigenvalue weighted by atomic mass is 9.85. The summed E-state index contributed by atoms with van der Waals surface area (Å²) in [4.78, 5) is 64.0. The average Bonchev–Trinajstić information content (AvgIpc) is 3.06. The Morgan fingerprint density at radius 1 is 0.705 bits per heavy atom. The lowest BCUT2D eigenvalue weighted by Crippen LogP contribution is -2.51. The molecular weight excluding hydrogens is 576 g/mol. The molecule has 3 N–H and O–H groups in total. The molecule has 0 radical (unpaired) electrons. The van der Waals surface area contributed by atoms with E-state index in [2.05, 4.69) is 15.9 Å². The molecule has 0 saturated carbocycles. The number of nitroso groups, excluding NO2 is 1. The maximum absolute atomic E-state index is 14.0. The van der Waals surface area contributed by atoms with E-state index in [0.29, 0.717) is 5.56 Å². The zero-order chi connectivity index (χ0) is 31.3. The molecule has 3 amide bonds. The summed E-state index contributed by atoms with van der Waals surface area (Å²) in [6, 6.07) is 30.7. The van der Waals surface area contributed by atoms with Gasteiger partial charge in [0.2, 0.25) is 17.7 Å². The number of thioether (sulfide) groups is 1. The number of fused-ring (bicyclic) bond motifs is 1. The predicted molar refractivity (Wildman–Crippen MR) is 173 cm³/mol. The highest BCUT2D eigenvalue weighted by molar-refractivity contribution is 8.00. The molecule has 4 rings (SSSR count). The summed E-state index contributed by atoms with van der Waals surface area (Å²) in [6.07, 6.45) is 0.384. The molecule has 0 aliphatic rings. The number of nitrogens with zero attached hydrogens (tertiary/aromatic N) is 1. The third-order valence-electron chi connectivity index (χ3n) is 7.37. The van der Waals surface area contributed by atoms with Crippen LogP contribution in [0.4, 0.5) is 0 Å². The first kappa shape index (κ1) is 32.1. The quantitative estimate of drug-likeness (QED) is 0.103. The highest BCUT2D eigenvalue weighted by atomic mass is 32.2. The fourth-order valence-corrected chi connectivity index (χ4v) is 6.15. The van der Waals surface area contributed by atoms with Crippen molar-refractivity contribution < 1.29 is 19.2 Å². The zero-order valence-corrected chi connectivity index (χ0v) is 25.1. The Balaban J connectivity index is 1.63. The van der Waals surface area contributed by atoms with Crippen molar-refractivity contribution in [3.8, 4) is 0 Å². The van der Waals surface area contributed by atoms with Crippen molar-refractivity contribution in [3.63, 3.8) is 0 Å². The van der Waals surface area contributed by atoms with Gasteiger partial charge in [-0.1, -0.05) is 103 Å². The molecule has 0 bridgehead atoms. The first-order valence-corrected chi connectivity index (χ1v) is 15.4. The summed E-state index contributed by atoms with van der Waals surface area (Å²) in [7, 11) is 1.49. The van der Waals surface area contributed by atoms with Crippen LogP contribution in [0, 0.1) is 16.7 Å². The molecule has 4 aromatic rings. The van der Waals surface area contributed by atoms with Gasteiger partial charge in [-0.05, 0) is 28.3 Å². The maximum Gasteiger partial charge on any atom is 0.247 e. The van der Waals surface area contributed by atoms with Gasteiger partial charge >= 0.3 is 0 Å². The van der Waals surface area contributed by atoms with Gasteiger partial charge in [-0.3, -0.25) is 19.2 Å². The van der Waals surface area contributed by atoms with Crippen LogP contribution in [0.1, 0.15) is 21.5 Å². The second-order valence-corrected chi connectivity index (χ2v) is 11.4. The van der Waals surface area contributed by atoms with E-state index in [0.717, 1.165) is 21.9 Å². The van der Waals surface area contributed by atoms with Crippen LogP contribution in [0.15, 0.2) is 108 Å². The highest BCUT2D eigenvalue weighted by Crippen LogP contribution is 2.26. The van der Waals surface area contributed by atoms with Crippen molar-refractivity contribution in [1.82, 2.24) is 16.1 Å². The highest BCUT2D eigenvalue weighted by Gasteiger charge is 2.36. The van der Waals surface area contributed by atoms with Crippen LogP contribution in [0.3, 0.4) is 0 Å². The molecule has 3 atom stereocenters. The Morgan fingerprint density at radius 3 is 2.05 bits per heavy atom. The van der Waals surface area contributed by atoms with E-state index in [1.165, 1.54) is 18.8 Å². The number of likely N-dealkylation sites (N-methyl/N-ethyl adjacent to an activating group) is 1. The van der Waals surface area contributed by atoms with Crippen LogP contribution in [0.2, 0.25) is 0 Å². The summed E-state index contributed by atoms with van der Waals surface area (Å²) in [6.45, 7) is 0. The molecule has 4 aromatic carbocycles. The van der Waals surface area contributed by atoms with Crippen LogP contribution in [0.25, 0.3) is 10.8 Å². The van der Waals surface area contributed by atoms with Crippen molar-refractivity contribution in [2.45, 2.75) is 18.9 Å². The minimum Gasteiger partial charge on any atom is -0.357 e. The number of nitrogens with one attached hydrogen (secondary N) is 3. The van der Waals surface area contributed by atoms with E-state index >= 15 is 0 Å². The average molecular weight is 611 g/mol. The first-order valence-electron chi connectivity index (χ1n) is 14.2. The van der Waals surface area contributed by atoms with E-state index in [9.17, 15) is 24.1 Å². The van der Waals surface area contributed by atoms with Crippen molar-refractivity contribution in [2.75, 3.05) is 18.6 Å². The van der Waals surface area contributed by atoms with Crippen LogP contribution >= 0.6 is 11.8 Å². The smallest absolute Gasteiger partial charge is 0.247 e. The maximum atomic E-state index is 14.0. The van der Waals surface area contributed by atoms with Gasteiger partial charge in [0.05, 0.1) is 22.9 Å². The number of amides is 3. The van der Waals surface area contributed by atoms with Crippen molar-refractivity contribution in [3.05, 3.63) is 125 Å². The monoisotopic (exact) mass is 610 g/mol. The SMILES string of the molecule is CNC(=O)C(Cc1ccccc1)NC(=O)C(Cc1ccc2ccccc2c1)C(CSCC(=O)c1ccccc1)C(=O)NN=O. The van der Waals surface area contributed by atoms with Crippen molar-refractivity contribution in [2.24, 2.45) is 17.1 Å². The minimum absolute atomic E-state index is 0.0644. The summed E-state index contributed by atoms with van der Waals surface area (Å²) in [5.41, 5.74) is 4.15. The second-order valence-electron chi connectivity index (χ2n) is 10.3. The van der Waals surface area contributed by atoms with E-state index in [1.807, 2.05) is 84.3 Å². The van der Waals surface area contributed by atoms with Crippen LogP contribution in [0.5, 0.6) is 0 Å². The number of hydrogen-bond acceptors (Lipinski definition) is 7. The molecule has 0 aromatic heterocycles. The molecule has 0 saturated heterocycles. The van der Waals surface area contributed by atoms with E-state index < -0.39 is 29.7 Å². The second kappa shape index (κ2) is 16.1. The van der Waals surface area contributed by atoms with Gasteiger partial charge in [-0.25, -0.2) is 5.43 Å². The predicted octanol–water partition coefficient (Wildman–Crippen LogP) is 4.50. The van der Waals surface area contributed by atoms with Crippen LogP contribution < -0.4 is 16.1 Å². The minimum atomic E-state index is -1.03. The third kappa shape index (κ3) is 8.84. The molecule has 44 heavy (non-hydrogen) atoms. The molecule has 0 aliphatic carbocycles. The standard InChI is InChI=1S/C34H34N4O5S/c1-35-34(42)30(20-23-10-4-2-5-11-23)36-32(40)28(19-24-16-17-25-12-8-9-15-27(25)18-24)29(33(41)37-38-43)21-44-22-31(39)26-13-6-3-7-14-26/h2-18,28-30H,19-22H2,1H3,(H,35,42)(H,36,40)(H,37,41,43). The number of benzene rings is 4. The summed E-state index contributed by atoms with van der Waals surface area (Å²) in [5.74, 6) is -3.65. The molecule has 10 heteroatoms. The topological polar surface area (TPSA) is 134 Å². The summed E-state index contributed by atoms with van der Waals surface area (Å²) < 4.78 is 0. The van der Waals surface area contributed by atoms with E-state index in [-0.39, 0.29) is 36.0 Å². The fraction of sp³-hybridized carbons (Fsp3) is 0.235. The Kier molecular flexibility index (Phi) is 11.8. The van der Waals surface area contributed by atoms with Gasteiger partial charge < -0.3 is 10.6 Å². The number of ketones is 1. The number of carbonyl (C=O) groups excluding carboxylic acids is 4. The third-order valence-corrected chi connectivity index (χ3v) is 8.43. The van der Waals surface area contributed by atoms with Gasteiger partial charge in [0, 0.05) is 24.8 Å². The lowest BCUT2D eigenvalue weighted by molar-refractivity contribution is -0.136. The summed E-state index contributed by atoms with van der Waals surface area (Å²) in [5, 5.41) is 10.0. The largest absolute Gasteiger partial charge is 0.357 e. The summed E-state index contributed by atoms with van der Waals surface area (Å²) >= 11 is 1.20. The van der Waals surface area contributed by atoms with Crippen LogP contribution in [-0.2, 0) is 27.2 Å². The van der Waals surface area contributed by atoms with Gasteiger partial charge in [-0.15, -0.1) is 4.91 Å². The number of carbonyl (C=O) groups is 4. The van der Waals surface area contributed by atoms with Crippen molar-refractivity contribution in [1.29, 1.82) is 0 Å².